The van der Waals surface area contributed by atoms with Crippen molar-refractivity contribution in [2.45, 2.75) is 90.9 Å². The van der Waals surface area contributed by atoms with Crippen molar-refractivity contribution in [3.8, 4) is 0 Å². The second kappa shape index (κ2) is 19.9. The van der Waals surface area contributed by atoms with Gasteiger partial charge >= 0.3 is 12.2 Å². The summed E-state index contributed by atoms with van der Waals surface area (Å²) in [4.78, 5) is 22.9. The number of amides is 2. The monoisotopic (exact) mass is 372 g/mol. The maximum absolute atomic E-state index is 11.5. The molecule has 26 heavy (non-hydrogen) atoms. The zero-order valence-electron chi connectivity index (χ0n) is 16.9. The van der Waals surface area contributed by atoms with E-state index in [1.807, 2.05) is 0 Å². The molecule has 2 N–H and O–H groups in total. The minimum Gasteiger partial charge on any atom is -0.450 e. The molecule has 6 nitrogen and oxygen atoms in total. The van der Waals surface area contributed by atoms with Crippen LogP contribution >= 0.6 is 0 Å². The Hall–Kier alpha value is -1.46. The maximum atomic E-state index is 11.5. The predicted molar refractivity (Wildman–Crippen MR) is 105 cm³/mol. The fourth-order valence-electron chi connectivity index (χ4n) is 2.47. The van der Waals surface area contributed by atoms with Gasteiger partial charge in [0.05, 0.1) is 13.2 Å². The Balaban J connectivity index is 3.28. The molecule has 0 aliphatic heterocycles. The van der Waals surface area contributed by atoms with Crippen molar-refractivity contribution in [2.24, 2.45) is 0 Å². The van der Waals surface area contributed by atoms with Gasteiger partial charge in [-0.25, -0.2) is 9.59 Å². The van der Waals surface area contributed by atoms with Gasteiger partial charge in [-0.1, -0.05) is 65.2 Å². The first-order valence-corrected chi connectivity index (χ1v) is 10.5. The highest BCUT2D eigenvalue weighted by atomic mass is 16.6. The van der Waals surface area contributed by atoms with Gasteiger partial charge in [-0.15, -0.1) is 0 Å². The molecule has 0 aliphatic carbocycles. The molecule has 2 amide bonds. The topological polar surface area (TPSA) is 76.7 Å². The number of nitrogens with one attached hydrogen (secondary N) is 2. The van der Waals surface area contributed by atoms with Crippen LogP contribution in [0.3, 0.4) is 0 Å². The lowest BCUT2D eigenvalue weighted by Gasteiger charge is -2.08. The Morgan fingerprint density at radius 2 is 0.962 bits per heavy atom. The van der Waals surface area contributed by atoms with E-state index in [2.05, 4.69) is 24.5 Å². The fraction of sp³-hybridized carbons (Fsp3) is 0.900. The highest BCUT2D eigenvalue weighted by Crippen LogP contribution is 2.02. The summed E-state index contributed by atoms with van der Waals surface area (Å²) in [7, 11) is 0. The highest BCUT2D eigenvalue weighted by Gasteiger charge is 2.03. The van der Waals surface area contributed by atoms with Crippen molar-refractivity contribution in [2.75, 3.05) is 26.3 Å². The van der Waals surface area contributed by atoms with Crippen LogP contribution in [-0.2, 0) is 9.47 Å². The third kappa shape index (κ3) is 18.9. The van der Waals surface area contributed by atoms with Crippen LogP contribution in [0, 0.1) is 0 Å². The molecule has 0 radical (unpaired) electrons. The molecule has 0 saturated heterocycles. The van der Waals surface area contributed by atoms with Crippen molar-refractivity contribution in [3.63, 3.8) is 0 Å². The van der Waals surface area contributed by atoms with Gasteiger partial charge in [-0.3, -0.25) is 0 Å². The lowest BCUT2D eigenvalue weighted by atomic mass is 10.1. The lowest BCUT2D eigenvalue weighted by molar-refractivity contribution is 0.128. The van der Waals surface area contributed by atoms with E-state index in [4.69, 9.17) is 9.47 Å². The molecule has 0 aromatic carbocycles. The summed E-state index contributed by atoms with van der Waals surface area (Å²) in [6.45, 7) is 6.41. The molecule has 0 bridgehead atoms. The van der Waals surface area contributed by atoms with Crippen LogP contribution in [0.5, 0.6) is 0 Å². The summed E-state index contributed by atoms with van der Waals surface area (Å²) in [5, 5.41) is 5.51. The van der Waals surface area contributed by atoms with E-state index in [9.17, 15) is 9.59 Å². The first kappa shape index (κ1) is 24.5. The molecule has 0 saturated carbocycles. The molecule has 0 aromatic heterocycles. The normalized spacial score (nSPS) is 10.4. The number of hydrogen-bond acceptors (Lipinski definition) is 4. The van der Waals surface area contributed by atoms with Gasteiger partial charge in [-0.05, 0) is 25.7 Å². The fourth-order valence-corrected chi connectivity index (χ4v) is 2.47. The van der Waals surface area contributed by atoms with Gasteiger partial charge in [0.2, 0.25) is 0 Å². The van der Waals surface area contributed by atoms with E-state index in [1.54, 1.807) is 0 Å². The third-order valence-corrected chi connectivity index (χ3v) is 4.10. The van der Waals surface area contributed by atoms with E-state index in [0.29, 0.717) is 39.1 Å². The molecule has 0 spiro atoms. The minimum atomic E-state index is -0.359. The summed E-state index contributed by atoms with van der Waals surface area (Å²) < 4.78 is 10.2. The number of hydrogen-bond donors (Lipinski definition) is 2. The average molecular weight is 373 g/mol. The lowest BCUT2D eigenvalue weighted by Crippen LogP contribution is -2.26. The number of ether oxygens (including phenoxy) is 2. The number of carbonyl (C=O) groups excluding carboxylic acids is 2. The van der Waals surface area contributed by atoms with E-state index in [-0.39, 0.29) is 12.2 Å². The Bertz CT molecular complexity index is 306. The Labute approximate surface area is 159 Å². The number of rotatable bonds is 17. The van der Waals surface area contributed by atoms with Crippen molar-refractivity contribution in [1.29, 1.82) is 0 Å². The standard InChI is InChI=1S/C20H40N2O4/c1-3-5-7-9-11-15-21-19(23)25-17-13-14-18-26-20(24)22-16-12-10-8-6-4-2/h3-18H2,1-2H3,(H,21,23)(H,22,24). The minimum absolute atomic E-state index is 0.351. The smallest absolute Gasteiger partial charge is 0.407 e. The molecular formula is C20H40N2O4. The molecule has 0 aromatic rings. The summed E-state index contributed by atoms with van der Waals surface area (Å²) in [6.07, 6.45) is 12.3. The molecule has 0 aliphatic rings. The Morgan fingerprint density at radius 3 is 1.35 bits per heavy atom. The van der Waals surface area contributed by atoms with E-state index < -0.39 is 0 Å². The van der Waals surface area contributed by atoms with Gasteiger partial charge in [0.1, 0.15) is 0 Å². The Morgan fingerprint density at radius 1 is 0.577 bits per heavy atom. The largest absolute Gasteiger partial charge is 0.450 e. The van der Waals surface area contributed by atoms with E-state index in [1.165, 1.54) is 38.5 Å². The third-order valence-electron chi connectivity index (χ3n) is 4.10. The quantitative estimate of drug-likeness (QED) is 0.346. The Kier molecular flexibility index (Phi) is 18.7. The molecule has 0 heterocycles. The van der Waals surface area contributed by atoms with Crippen LogP contribution in [0.15, 0.2) is 0 Å². The van der Waals surface area contributed by atoms with Crippen LogP contribution < -0.4 is 10.6 Å². The van der Waals surface area contributed by atoms with Crippen LogP contribution in [0.25, 0.3) is 0 Å². The SMILES string of the molecule is CCCCCCCNC(=O)OCCCCOC(=O)NCCCCCCC. The van der Waals surface area contributed by atoms with E-state index >= 15 is 0 Å². The van der Waals surface area contributed by atoms with Crippen LogP contribution in [0.4, 0.5) is 9.59 Å². The molecular weight excluding hydrogens is 332 g/mol. The first-order valence-electron chi connectivity index (χ1n) is 10.5. The van der Waals surface area contributed by atoms with Crippen LogP contribution in [0.1, 0.15) is 90.9 Å². The predicted octanol–water partition coefficient (Wildman–Crippen LogP) is 5.16. The molecule has 0 rings (SSSR count). The highest BCUT2D eigenvalue weighted by molar-refractivity contribution is 5.67. The summed E-state index contributed by atoms with van der Waals surface area (Å²) in [5.74, 6) is 0. The van der Waals surface area contributed by atoms with Crippen molar-refractivity contribution < 1.29 is 19.1 Å². The van der Waals surface area contributed by atoms with Crippen molar-refractivity contribution in [1.82, 2.24) is 10.6 Å². The van der Waals surface area contributed by atoms with Crippen molar-refractivity contribution >= 4 is 12.2 Å². The summed E-state index contributed by atoms with van der Waals surface area (Å²) in [6, 6.07) is 0. The van der Waals surface area contributed by atoms with Gasteiger partial charge < -0.3 is 20.1 Å². The second-order valence-corrected chi connectivity index (χ2v) is 6.66. The molecule has 0 fully saturated rings. The number of unbranched alkanes of at least 4 members (excludes halogenated alkanes) is 9. The van der Waals surface area contributed by atoms with Gasteiger partial charge in [0, 0.05) is 13.1 Å². The van der Waals surface area contributed by atoms with Crippen LogP contribution in [-0.4, -0.2) is 38.5 Å². The zero-order valence-corrected chi connectivity index (χ0v) is 16.9. The molecule has 6 heteroatoms. The van der Waals surface area contributed by atoms with Crippen molar-refractivity contribution in [3.05, 3.63) is 0 Å². The average Bonchev–Trinajstić information content (AvgIpc) is 2.63. The first-order chi connectivity index (χ1) is 12.7. The second-order valence-electron chi connectivity index (χ2n) is 6.66. The summed E-state index contributed by atoms with van der Waals surface area (Å²) in [5.41, 5.74) is 0. The molecule has 0 atom stereocenters. The van der Waals surface area contributed by atoms with Gasteiger partial charge in [-0.2, -0.15) is 0 Å². The molecule has 154 valence electrons. The summed E-state index contributed by atoms with van der Waals surface area (Å²) >= 11 is 0. The number of carbonyl (C=O) groups is 2. The van der Waals surface area contributed by atoms with Gasteiger partial charge in [0.25, 0.3) is 0 Å². The van der Waals surface area contributed by atoms with E-state index in [0.717, 1.165) is 25.7 Å². The molecule has 0 unspecified atom stereocenters. The number of alkyl carbamates (subject to hydrolysis) is 2. The van der Waals surface area contributed by atoms with Crippen LogP contribution in [0.2, 0.25) is 0 Å². The maximum Gasteiger partial charge on any atom is 0.407 e. The zero-order chi connectivity index (χ0) is 19.3. The van der Waals surface area contributed by atoms with Gasteiger partial charge in [0.15, 0.2) is 0 Å².